The highest BCUT2D eigenvalue weighted by Gasteiger charge is 2.24. The summed E-state index contributed by atoms with van der Waals surface area (Å²) in [6.07, 6.45) is 8.50. The maximum atomic E-state index is 12.7. The summed E-state index contributed by atoms with van der Waals surface area (Å²) >= 11 is 5.80. The molecule has 1 aromatic heterocycles. The van der Waals surface area contributed by atoms with Crippen molar-refractivity contribution in [3.05, 3.63) is 45.7 Å². The molecule has 1 aliphatic carbocycles. The molecule has 1 aromatic carbocycles. The van der Waals surface area contributed by atoms with Crippen LogP contribution in [0.2, 0.25) is 0 Å². The van der Waals surface area contributed by atoms with Crippen molar-refractivity contribution in [1.82, 2.24) is 15.2 Å². The lowest BCUT2D eigenvalue weighted by atomic mass is 9.96. The second-order valence-corrected chi connectivity index (χ2v) is 8.90. The molecule has 0 bridgehead atoms. The minimum atomic E-state index is -0.0424. The molecule has 1 saturated carbocycles. The van der Waals surface area contributed by atoms with Gasteiger partial charge in [-0.05, 0) is 68.4 Å². The van der Waals surface area contributed by atoms with Gasteiger partial charge in [-0.1, -0.05) is 30.9 Å². The van der Waals surface area contributed by atoms with E-state index in [9.17, 15) is 4.79 Å². The van der Waals surface area contributed by atoms with Gasteiger partial charge in [0.05, 0.1) is 12.6 Å². The van der Waals surface area contributed by atoms with E-state index < -0.39 is 0 Å². The third-order valence-electron chi connectivity index (χ3n) is 6.11. The number of fused-ring (bicyclic) bond motifs is 1. The Morgan fingerprint density at radius 2 is 2.03 bits per heavy atom. The van der Waals surface area contributed by atoms with Gasteiger partial charge in [-0.2, -0.15) is 0 Å². The van der Waals surface area contributed by atoms with Crippen LogP contribution in [0.15, 0.2) is 29.1 Å². The summed E-state index contributed by atoms with van der Waals surface area (Å²) in [5.41, 5.74) is 2.76. The number of nitrogens with one attached hydrogen (secondary N) is 2. The minimum absolute atomic E-state index is 0.0424. The number of rotatable bonds is 5. The lowest BCUT2D eigenvalue weighted by Gasteiger charge is -2.32. The van der Waals surface area contributed by atoms with E-state index in [1.165, 1.54) is 37.7 Å². The lowest BCUT2D eigenvalue weighted by molar-refractivity contribution is 0.0894. The number of hydrogen-bond donors (Lipinski definition) is 2. The number of thiocarbonyl (C=S) groups is 1. The zero-order valence-electron chi connectivity index (χ0n) is 17.2. The number of H-pyrrole nitrogens is 1. The van der Waals surface area contributed by atoms with E-state index in [4.69, 9.17) is 17.0 Å². The van der Waals surface area contributed by atoms with Crippen LogP contribution in [0.3, 0.4) is 0 Å². The van der Waals surface area contributed by atoms with Crippen LogP contribution in [0.1, 0.15) is 56.1 Å². The highest BCUT2D eigenvalue weighted by molar-refractivity contribution is 7.80. The SMILES string of the molecule is Cc1ccc2[nH]c(=O)c(CN(C[C@H]3CCCO3)C(=S)NC3CCCCC3)cc2c1. The van der Waals surface area contributed by atoms with Gasteiger partial charge in [0.2, 0.25) is 0 Å². The predicted octanol–water partition coefficient (Wildman–Crippen LogP) is 4.02. The Kier molecular flexibility index (Phi) is 6.50. The van der Waals surface area contributed by atoms with Crippen LogP contribution in [0.5, 0.6) is 0 Å². The Bertz CT molecular complexity index is 914. The Morgan fingerprint density at radius 3 is 2.79 bits per heavy atom. The summed E-state index contributed by atoms with van der Waals surface area (Å²) in [5, 5.41) is 5.37. The molecule has 2 heterocycles. The maximum Gasteiger partial charge on any atom is 0.253 e. The molecule has 29 heavy (non-hydrogen) atoms. The van der Waals surface area contributed by atoms with Crippen LogP contribution in [-0.2, 0) is 11.3 Å². The van der Waals surface area contributed by atoms with E-state index in [-0.39, 0.29) is 11.7 Å². The third kappa shape index (κ3) is 5.17. The van der Waals surface area contributed by atoms with Crippen LogP contribution in [-0.4, -0.2) is 40.3 Å². The van der Waals surface area contributed by atoms with E-state index in [1.54, 1.807) is 0 Å². The van der Waals surface area contributed by atoms with Crippen molar-refractivity contribution in [2.45, 2.75) is 70.6 Å². The molecular formula is C23H31N3O2S. The van der Waals surface area contributed by atoms with E-state index in [2.05, 4.69) is 28.2 Å². The van der Waals surface area contributed by atoms with Crippen LogP contribution < -0.4 is 10.9 Å². The standard InChI is InChI=1S/C23H31N3O2S/c1-16-9-10-21-17(12-16)13-18(22(27)25-21)14-26(15-20-8-5-11-28-20)23(29)24-19-6-3-2-4-7-19/h9-10,12-13,19-20H,2-8,11,14-15H2,1H3,(H,24,29)(H,25,27)/t20-/m1/s1. The average molecular weight is 414 g/mol. The quantitative estimate of drug-likeness (QED) is 0.725. The first-order valence-corrected chi connectivity index (χ1v) is 11.3. The molecule has 2 N–H and O–H groups in total. The summed E-state index contributed by atoms with van der Waals surface area (Å²) in [6.45, 7) is 4.11. The average Bonchev–Trinajstić information content (AvgIpc) is 3.22. The summed E-state index contributed by atoms with van der Waals surface area (Å²) in [5.74, 6) is 0. The summed E-state index contributed by atoms with van der Waals surface area (Å²) in [6, 6.07) is 8.55. The fourth-order valence-corrected chi connectivity index (χ4v) is 4.77. The maximum absolute atomic E-state index is 12.7. The van der Waals surface area contributed by atoms with Crippen molar-refractivity contribution in [3.63, 3.8) is 0 Å². The lowest BCUT2D eigenvalue weighted by Crippen LogP contribution is -2.47. The van der Waals surface area contributed by atoms with E-state index in [1.807, 2.05) is 18.2 Å². The molecule has 2 aliphatic rings. The molecule has 2 fully saturated rings. The topological polar surface area (TPSA) is 57.4 Å². The van der Waals surface area contributed by atoms with Crippen LogP contribution >= 0.6 is 12.2 Å². The highest BCUT2D eigenvalue weighted by atomic mass is 32.1. The first-order chi connectivity index (χ1) is 14.1. The van der Waals surface area contributed by atoms with Crippen LogP contribution in [0.4, 0.5) is 0 Å². The molecule has 0 amide bonds. The van der Waals surface area contributed by atoms with E-state index in [0.29, 0.717) is 12.6 Å². The number of aromatic amines is 1. The molecule has 5 nitrogen and oxygen atoms in total. The van der Waals surface area contributed by atoms with E-state index >= 15 is 0 Å². The minimum Gasteiger partial charge on any atom is -0.376 e. The number of benzene rings is 1. The van der Waals surface area contributed by atoms with Gasteiger partial charge in [0.25, 0.3) is 5.56 Å². The van der Waals surface area contributed by atoms with Crippen molar-refractivity contribution in [1.29, 1.82) is 0 Å². The Morgan fingerprint density at radius 1 is 1.21 bits per heavy atom. The molecule has 156 valence electrons. The third-order valence-corrected chi connectivity index (χ3v) is 6.48. The van der Waals surface area contributed by atoms with Gasteiger partial charge >= 0.3 is 0 Å². The zero-order chi connectivity index (χ0) is 20.2. The molecule has 4 rings (SSSR count). The van der Waals surface area contributed by atoms with E-state index in [0.717, 1.165) is 47.6 Å². The molecule has 6 heteroatoms. The van der Waals surface area contributed by atoms with Crippen molar-refractivity contribution in [2.24, 2.45) is 0 Å². The molecule has 1 aliphatic heterocycles. The number of hydrogen-bond acceptors (Lipinski definition) is 3. The monoisotopic (exact) mass is 413 g/mol. The number of nitrogens with zero attached hydrogens (tertiary/aromatic N) is 1. The van der Waals surface area contributed by atoms with Crippen molar-refractivity contribution in [2.75, 3.05) is 13.2 Å². The predicted molar refractivity (Wildman–Crippen MR) is 121 cm³/mol. The molecule has 1 atom stereocenters. The molecular weight excluding hydrogens is 382 g/mol. The van der Waals surface area contributed by atoms with Gasteiger partial charge in [-0.15, -0.1) is 0 Å². The van der Waals surface area contributed by atoms with Crippen LogP contribution in [0, 0.1) is 6.92 Å². The number of aryl methyl sites for hydroxylation is 1. The number of ether oxygens (including phenoxy) is 1. The Labute approximate surface area is 177 Å². The van der Waals surface area contributed by atoms with Crippen LogP contribution in [0.25, 0.3) is 10.9 Å². The largest absolute Gasteiger partial charge is 0.376 e. The van der Waals surface area contributed by atoms with Gasteiger partial charge < -0.3 is 19.9 Å². The first kappa shape index (κ1) is 20.4. The molecule has 2 aromatic rings. The first-order valence-electron chi connectivity index (χ1n) is 10.9. The van der Waals surface area contributed by atoms with Gasteiger partial charge in [0, 0.05) is 30.3 Å². The summed E-state index contributed by atoms with van der Waals surface area (Å²) < 4.78 is 5.86. The fraction of sp³-hybridized carbons (Fsp3) is 0.565. The zero-order valence-corrected chi connectivity index (χ0v) is 18.0. The molecule has 0 unspecified atom stereocenters. The second kappa shape index (κ2) is 9.26. The number of pyridine rings is 1. The normalized spacial score (nSPS) is 20.1. The van der Waals surface area contributed by atoms with Gasteiger partial charge in [0.15, 0.2) is 5.11 Å². The smallest absolute Gasteiger partial charge is 0.253 e. The van der Waals surface area contributed by atoms with Crippen molar-refractivity contribution < 1.29 is 4.74 Å². The van der Waals surface area contributed by atoms with Crippen molar-refractivity contribution in [3.8, 4) is 0 Å². The Balaban J connectivity index is 1.55. The molecule has 0 spiro atoms. The van der Waals surface area contributed by atoms with Crippen molar-refractivity contribution >= 4 is 28.2 Å². The Hall–Kier alpha value is -1.92. The van der Waals surface area contributed by atoms with Gasteiger partial charge in [0.1, 0.15) is 0 Å². The summed E-state index contributed by atoms with van der Waals surface area (Å²) in [4.78, 5) is 17.9. The molecule has 0 radical (unpaired) electrons. The number of aromatic nitrogens is 1. The summed E-state index contributed by atoms with van der Waals surface area (Å²) in [7, 11) is 0. The van der Waals surface area contributed by atoms with Gasteiger partial charge in [-0.25, -0.2) is 0 Å². The molecule has 1 saturated heterocycles. The van der Waals surface area contributed by atoms with Gasteiger partial charge in [-0.3, -0.25) is 4.79 Å². The highest BCUT2D eigenvalue weighted by Crippen LogP contribution is 2.20. The fourth-order valence-electron chi connectivity index (χ4n) is 4.46. The second-order valence-electron chi connectivity index (χ2n) is 8.51.